The molecule has 1 aliphatic heterocycles. The van der Waals surface area contributed by atoms with Gasteiger partial charge in [-0.15, -0.1) is 0 Å². The molecule has 0 radical (unpaired) electrons. The lowest BCUT2D eigenvalue weighted by atomic mass is 9.77. The minimum absolute atomic E-state index is 0.175. The summed E-state index contributed by atoms with van der Waals surface area (Å²) >= 11 is 0. The van der Waals surface area contributed by atoms with E-state index in [9.17, 15) is 23.3 Å². The molecular weight excluding hydrogens is 303 g/mol. The standard InChI is InChI=1S/C13H14F3N3O3/c1-6-10(11(15)16)22-12(17)18-13(6,2)8-5-7(19(20)21)3-4-9(8)14/h3-6,10-11H,1-2H3,(H2,17,18)/t6-,10-,13-/m0/s1. The second-order valence-corrected chi connectivity index (χ2v) is 5.22. The lowest BCUT2D eigenvalue weighted by molar-refractivity contribution is -0.385. The Morgan fingerprint density at radius 3 is 2.68 bits per heavy atom. The van der Waals surface area contributed by atoms with Crippen molar-refractivity contribution in [1.29, 1.82) is 0 Å². The first kappa shape index (κ1) is 16.1. The van der Waals surface area contributed by atoms with Gasteiger partial charge in [0, 0.05) is 23.6 Å². The molecule has 3 atom stereocenters. The second kappa shape index (κ2) is 5.47. The highest BCUT2D eigenvalue weighted by Crippen LogP contribution is 2.42. The number of nitrogens with zero attached hydrogens (tertiary/aromatic N) is 2. The molecule has 120 valence electrons. The number of hydrogen-bond acceptors (Lipinski definition) is 5. The quantitative estimate of drug-likeness (QED) is 0.685. The molecule has 0 amide bonds. The van der Waals surface area contributed by atoms with E-state index < -0.39 is 40.7 Å². The summed E-state index contributed by atoms with van der Waals surface area (Å²) in [6.07, 6.45) is -4.44. The van der Waals surface area contributed by atoms with E-state index in [1.807, 2.05) is 0 Å². The molecule has 1 aliphatic rings. The molecular formula is C13H14F3N3O3. The average Bonchev–Trinajstić information content (AvgIpc) is 2.42. The van der Waals surface area contributed by atoms with Crippen molar-refractivity contribution in [3.05, 3.63) is 39.7 Å². The van der Waals surface area contributed by atoms with Gasteiger partial charge >= 0.3 is 0 Å². The van der Waals surface area contributed by atoms with Crippen LogP contribution < -0.4 is 5.73 Å². The van der Waals surface area contributed by atoms with Crippen LogP contribution in [0.5, 0.6) is 0 Å². The number of non-ortho nitro benzene ring substituents is 1. The number of halogens is 3. The first-order valence-corrected chi connectivity index (χ1v) is 6.41. The number of benzene rings is 1. The summed E-state index contributed by atoms with van der Waals surface area (Å²) in [6.45, 7) is 2.80. The maximum atomic E-state index is 14.1. The molecule has 0 saturated heterocycles. The van der Waals surface area contributed by atoms with E-state index in [0.717, 1.165) is 18.2 Å². The van der Waals surface area contributed by atoms with Gasteiger partial charge in [0.15, 0.2) is 6.10 Å². The predicted octanol–water partition coefficient (Wildman–Crippen LogP) is 2.56. The van der Waals surface area contributed by atoms with E-state index in [0.29, 0.717) is 0 Å². The molecule has 0 bridgehead atoms. The van der Waals surface area contributed by atoms with Gasteiger partial charge < -0.3 is 10.5 Å². The predicted molar refractivity (Wildman–Crippen MR) is 72.1 cm³/mol. The molecule has 1 heterocycles. The minimum Gasteiger partial charge on any atom is -0.456 e. The zero-order valence-electron chi connectivity index (χ0n) is 11.8. The zero-order chi connectivity index (χ0) is 16.7. The number of amidine groups is 1. The molecule has 0 aliphatic carbocycles. The maximum absolute atomic E-state index is 14.1. The highest BCUT2D eigenvalue weighted by molar-refractivity contribution is 5.73. The summed E-state index contributed by atoms with van der Waals surface area (Å²) in [5.74, 6) is -1.73. The van der Waals surface area contributed by atoms with Crippen LogP contribution in [0.2, 0.25) is 0 Å². The fraction of sp³-hybridized carbons (Fsp3) is 0.462. The highest BCUT2D eigenvalue weighted by Gasteiger charge is 2.48. The van der Waals surface area contributed by atoms with Crippen LogP contribution in [0.3, 0.4) is 0 Å². The smallest absolute Gasteiger partial charge is 0.283 e. The molecule has 9 heteroatoms. The van der Waals surface area contributed by atoms with Gasteiger partial charge in [0.25, 0.3) is 18.1 Å². The van der Waals surface area contributed by atoms with Crippen LogP contribution in [0, 0.1) is 21.8 Å². The number of hydrogen-bond donors (Lipinski definition) is 1. The van der Waals surface area contributed by atoms with Gasteiger partial charge in [0.2, 0.25) is 0 Å². The number of nitrogens with two attached hydrogens (primary N) is 1. The Bertz CT molecular complexity index is 638. The summed E-state index contributed by atoms with van der Waals surface area (Å²) < 4.78 is 45.1. The van der Waals surface area contributed by atoms with Crippen molar-refractivity contribution in [2.24, 2.45) is 16.6 Å². The molecule has 2 N–H and O–H groups in total. The van der Waals surface area contributed by atoms with Crippen LogP contribution in [0.1, 0.15) is 19.4 Å². The lowest BCUT2D eigenvalue weighted by Gasteiger charge is -2.40. The van der Waals surface area contributed by atoms with Crippen molar-refractivity contribution in [1.82, 2.24) is 0 Å². The lowest BCUT2D eigenvalue weighted by Crippen LogP contribution is -2.49. The van der Waals surface area contributed by atoms with Crippen molar-refractivity contribution >= 4 is 11.7 Å². The van der Waals surface area contributed by atoms with Crippen LogP contribution >= 0.6 is 0 Å². The van der Waals surface area contributed by atoms with E-state index in [1.165, 1.54) is 13.8 Å². The zero-order valence-corrected chi connectivity index (χ0v) is 11.8. The van der Waals surface area contributed by atoms with Gasteiger partial charge in [-0.2, -0.15) is 0 Å². The molecule has 0 saturated carbocycles. The molecule has 0 fully saturated rings. The first-order valence-electron chi connectivity index (χ1n) is 6.41. The Hall–Kier alpha value is -2.32. The number of nitro groups is 1. The van der Waals surface area contributed by atoms with Crippen LogP contribution in [0.4, 0.5) is 18.9 Å². The Labute approximate surface area is 123 Å². The van der Waals surface area contributed by atoms with Gasteiger partial charge in [0.1, 0.15) is 5.82 Å². The summed E-state index contributed by atoms with van der Waals surface area (Å²) in [5.41, 5.74) is 3.39. The van der Waals surface area contributed by atoms with Crippen molar-refractivity contribution in [3.63, 3.8) is 0 Å². The van der Waals surface area contributed by atoms with Crippen molar-refractivity contribution < 1.29 is 22.8 Å². The van der Waals surface area contributed by atoms with Crippen LogP contribution in [0.15, 0.2) is 23.2 Å². The highest BCUT2D eigenvalue weighted by atomic mass is 19.3. The number of alkyl halides is 2. The largest absolute Gasteiger partial charge is 0.456 e. The van der Waals surface area contributed by atoms with E-state index in [-0.39, 0.29) is 11.3 Å². The fourth-order valence-corrected chi connectivity index (χ4v) is 2.51. The van der Waals surface area contributed by atoms with Crippen LogP contribution in [-0.4, -0.2) is 23.5 Å². The molecule has 0 spiro atoms. The third-order valence-corrected chi connectivity index (χ3v) is 3.93. The molecule has 6 nitrogen and oxygen atoms in total. The minimum atomic E-state index is -2.86. The molecule has 0 unspecified atom stereocenters. The monoisotopic (exact) mass is 317 g/mol. The Morgan fingerprint density at radius 1 is 1.50 bits per heavy atom. The normalized spacial score (nSPS) is 28.2. The summed E-state index contributed by atoms with van der Waals surface area (Å²) in [7, 11) is 0. The molecule has 2 rings (SSSR count). The number of ether oxygens (including phenoxy) is 1. The summed E-state index contributed by atoms with van der Waals surface area (Å²) in [4.78, 5) is 14.1. The molecule has 1 aromatic carbocycles. The molecule has 22 heavy (non-hydrogen) atoms. The molecule has 0 aromatic heterocycles. The fourth-order valence-electron chi connectivity index (χ4n) is 2.51. The first-order chi connectivity index (χ1) is 10.2. The summed E-state index contributed by atoms with van der Waals surface area (Å²) in [6, 6.07) is 2.38. The number of rotatable bonds is 3. The van der Waals surface area contributed by atoms with Crippen molar-refractivity contribution in [2.45, 2.75) is 31.9 Å². The molecule has 1 aromatic rings. The van der Waals surface area contributed by atoms with E-state index >= 15 is 0 Å². The van der Waals surface area contributed by atoms with Gasteiger partial charge in [-0.3, -0.25) is 10.1 Å². The Kier molecular flexibility index (Phi) is 3.99. The third-order valence-electron chi connectivity index (χ3n) is 3.93. The van der Waals surface area contributed by atoms with Crippen LogP contribution in [0.25, 0.3) is 0 Å². The van der Waals surface area contributed by atoms with E-state index in [4.69, 9.17) is 10.5 Å². The topological polar surface area (TPSA) is 90.8 Å². The van der Waals surface area contributed by atoms with Crippen LogP contribution in [-0.2, 0) is 10.3 Å². The second-order valence-electron chi connectivity index (χ2n) is 5.22. The van der Waals surface area contributed by atoms with Crippen molar-refractivity contribution in [2.75, 3.05) is 0 Å². The number of aliphatic imine (C=N–C) groups is 1. The Morgan fingerprint density at radius 2 is 2.14 bits per heavy atom. The van der Waals surface area contributed by atoms with Gasteiger partial charge in [-0.05, 0) is 13.0 Å². The average molecular weight is 317 g/mol. The summed E-state index contributed by atoms with van der Waals surface area (Å²) in [5, 5.41) is 10.8. The van der Waals surface area contributed by atoms with E-state index in [2.05, 4.69) is 4.99 Å². The SMILES string of the molecule is C[C@H]1[C@@H](C(F)F)OC(N)=N[C@]1(C)c1cc([N+](=O)[O-])ccc1F. The third kappa shape index (κ3) is 2.58. The van der Waals surface area contributed by atoms with Gasteiger partial charge in [-0.25, -0.2) is 18.2 Å². The maximum Gasteiger partial charge on any atom is 0.283 e. The van der Waals surface area contributed by atoms with Crippen molar-refractivity contribution in [3.8, 4) is 0 Å². The Balaban J connectivity index is 2.60. The number of nitro benzene ring substituents is 1. The van der Waals surface area contributed by atoms with Gasteiger partial charge in [-0.1, -0.05) is 6.92 Å². The van der Waals surface area contributed by atoms with E-state index in [1.54, 1.807) is 0 Å². The van der Waals surface area contributed by atoms with Gasteiger partial charge in [0.05, 0.1) is 10.5 Å².